The third-order valence-electron chi connectivity index (χ3n) is 3.59. The molecule has 1 aliphatic heterocycles. The molecule has 1 N–H and O–H groups in total. The van der Waals surface area contributed by atoms with E-state index >= 15 is 0 Å². The molecule has 5 heteroatoms. The van der Waals surface area contributed by atoms with Crippen LogP contribution in [0.3, 0.4) is 0 Å². The molecule has 1 aliphatic rings. The summed E-state index contributed by atoms with van der Waals surface area (Å²) in [4.78, 5) is 29.3. The number of carboxylic acids is 1. The number of carbonyl (C=O) groups excluding carboxylic acids is 1. The van der Waals surface area contributed by atoms with E-state index in [0.29, 0.717) is 18.5 Å². The molecule has 0 radical (unpaired) electrons. The first kappa shape index (κ1) is 13.3. The van der Waals surface area contributed by atoms with Crippen molar-refractivity contribution < 1.29 is 14.7 Å². The molecule has 0 aliphatic carbocycles. The average molecular weight is 282 g/mol. The topological polar surface area (TPSA) is 70.5 Å². The lowest BCUT2D eigenvalue weighted by Gasteiger charge is -2.17. The van der Waals surface area contributed by atoms with E-state index in [2.05, 4.69) is 4.98 Å². The van der Waals surface area contributed by atoms with Crippen molar-refractivity contribution in [1.29, 1.82) is 0 Å². The highest BCUT2D eigenvalue weighted by Crippen LogP contribution is 2.30. The minimum absolute atomic E-state index is 0.104. The van der Waals surface area contributed by atoms with E-state index in [1.165, 1.54) is 6.07 Å². The van der Waals surface area contributed by atoms with Crippen molar-refractivity contribution in [3.05, 3.63) is 58.9 Å². The Morgan fingerprint density at radius 2 is 2.00 bits per heavy atom. The SMILES string of the molecule is Cc1cncc(C(=O)N2CCc3cc(C(=O)O)ccc32)c1. The first-order valence-electron chi connectivity index (χ1n) is 6.66. The first-order chi connectivity index (χ1) is 10.1. The van der Waals surface area contributed by atoms with E-state index in [1.807, 2.05) is 6.92 Å². The van der Waals surface area contributed by atoms with Crippen LogP contribution in [0.5, 0.6) is 0 Å². The van der Waals surface area contributed by atoms with Crippen LogP contribution in [0, 0.1) is 6.92 Å². The molecule has 0 bridgehead atoms. The van der Waals surface area contributed by atoms with Gasteiger partial charge in [0.15, 0.2) is 0 Å². The lowest BCUT2D eigenvalue weighted by molar-refractivity contribution is 0.0696. The number of benzene rings is 1. The molecule has 1 aromatic carbocycles. The molecule has 0 saturated heterocycles. The van der Waals surface area contributed by atoms with Gasteiger partial charge >= 0.3 is 5.97 Å². The van der Waals surface area contributed by atoms with Gasteiger partial charge in [-0.1, -0.05) is 0 Å². The Morgan fingerprint density at radius 3 is 2.71 bits per heavy atom. The number of rotatable bonds is 2. The standard InChI is InChI=1S/C16H14N2O3/c1-10-6-13(9-17-8-10)15(19)18-5-4-11-7-12(16(20)21)2-3-14(11)18/h2-3,6-9H,4-5H2,1H3,(H,20,21). The summed E-state index contributed by atoms with van der Waals surface area (Å²) in [6, 6.07) is 6.67. The zero-order valence-electron chi connectivity index (χ0n) is 11.5. The molecule has 2 aromatic rings. The van der Waals surface area contributed by atoms with E-state index in [-0.39, 0.29) is 11.5 Å². The van der Waals surface area contributed by atoms with E-state index in [4.69, 9.17) is 5.11 Å². The molecule has 3 rings (SSSR count). The largest absolute Gasteiger partial charge is 0.478 e. The maximum Gasteiger partial charge on any atom is 0.335 e. The number of hydrogen-bond donors (Lipinski definition) is 1. The summed E-state index contributed by atoms with van der Waals surface area (Å²) >= 11 is 0. The highest BCUT2D eigenvalue weighted by atomic mass is 16.4. The molecule has 0 unspecified atom stereocenters. The molecule has 2 heterocycles. The maximum atomic E-state index is 12.6. The fourth-order valence-electron chi connectivity index (χ4n) is 2.57. The molecular formula is C16H14N2O3. The van der Waals surface area contributed by atoms with Crippen LogP contribution >= 0.6 is 0 Å². The molecular weight excluding hydrogens is 268 g/mol. The molecule has 1 aromatic heterocycles. The van der Waals surface area contributed by atoms with Gasteiger partial charge in [-0.25, -0.2) is 4.79 Å². The Balaban J connectivity index is 1.94. The summed E-state index contributed by atoms with van der Waals surface area (Å²) in [5.41, 5.74) is 3.40. The maximum absolute atomic E-state index is 12.6. The number of nitrogens with zero attached hydrogens (tertiary/aromatic N) is 2. The average Bonchev–Trinajstić information content (AvgIpc) is 2.89. The zero-order chi connectivity index (χ0) is 15.0. The highest BCUT2D eigenvalue weighted by molar-refractivity contribution is 6.07. The Kier molecular flexibility index (Phi) is 3.17. The Hall–Kier alpha value is -2.69. The van der Waals surface area contributed by atoms with Gasteiger partial charge in [-0.15, -0.1) is 0 Å². The second-order valence-corrected chi connectivity index (χ2v) is 5.11. The van der Waals surface area contributed by atoms with Crippen LogP contribution in [0.25, 0.3) is 0 Å². The number of fused-ring (bicyclic) bond motifs is 1. The first-order valence-corrected chi connectivity index (χ1v) is 6.66. The third kappa shape index (κ3) is 2.38. The van der Waals surface area contributed by atoms with Gasteiger partial charge in [0.2, 0.25) is 0 Å². The van der Waals surface area contributed by atoms with Gasteiger partial charge in [0, 0.05) is 24.6 Å². The molecule has 106 valence electrons. The lowest BCUT2D eigenvalue weighted by atomic mass is 10.1. The molecule has 21 heavy (non-hydrogen) atoms. The Labute approximate surface area is 121 Å². The molecule has 0 fully saturated rings. The molecule has 1 amide bonds. The number of aromatic nitrogens is 1. The Morgan fingerprint density at radius 1 is 1.19 bits per heavy atom. The second-order valence-electron chi connectivity index (χ2n) is 5.11. The van der Waals surface area contributed by atoms with E-state index < -0.39 is 5.97 Å². The number of anilines is 1. The van der Waals surface area contributed by atoms with Gasteiger partial charge in [0.05, 0.1) is 11.1 Å². The number of carboxylic acid groups (broad SMARTS) is 1. The molecule has 5 nitrogen and oxygen atoms in total. The van der Waals surface area contributed by atoms with Gasteiger partial charge < -0.3 is 10.0 Å². The summed E-state index contributed by atoms with van der Waals surface area (Å²) in [5, 5.41) is 9.01. The number of hydrogen-bond acceptors (Lipinski definition) is 3. The highest BCUT2D eigenvalue weighted by Gasteiger charge is 2.26. The van der Waals surface area contributed by atoms with Crippen molar-refractivity contribution in [2.24, 2.45) is 0 Å². The van der Waals surface area contributed by atoms with Crippen LogP contribution in [-0.4, -0.2) is 28.5 Å². The van der Waals surface area contributed by atoms with Crippen LogP contribution in [0.15, 0.2) is 36.7 Å². The van der Waals surface area contributed by atoms with Crippen molar-refractivity contribution in [3.63, 3.8) is 0 Å². The van der Waals surface area contributed by atoms with Gasteiger partial charge in [-0.3, -0.25) is 9.78 Å². The van der Waals surface area contributed by atoms with E-state index in [0.717, 1.165) is 16.8 Å². The van der Waals surface area contributed by atoms with Crippen molar-refractivity contribution in [2.45, 2.75) is 13.3 Å². The summed E-state index contributed by atoms with van der Waals surface area (Å²) in [7, 11) is 0. The fraction of sp³-hybridized carbons (Fsp3) is 0.188. The lowest BCUT2D eigenvalue weighted by Crippen LogP contribution is -2.29. The number of aryl methyl sites for hydroxylation is 1. The minimum atomic E-state index is -0.953. The Bertz CT molecular complexity index is 740. The zero-order valence-corrected chi connectivity index (χ0v) is 11.5. The monoisotopic (exact) mass is 282 g/mol. The number of aromatic carboxylic acids is 1. The quantitative estimate of drug-likeness (QED) is 0.917. The summed E-state index contributed by atoms with van der Waals surface area (Å²) in [6.07, 6.45) is 3.92. The third-order valence-corrected chi connectivity index (χ3v) is 3.59. The van der Waals surface area contributed by atoms with Crippen LogP contribution in [-0.2, 0) is 6.42 Å². The smallest absolute Gasteiger partial charge is 0.335 e. The summed E-state index contributed by atoms with van der Waals surface area (Å²) in [5.74, 6) is -1.06. The van der Waals surface area contributed by atoms with Gasteiger partial charge in [-0.05, 0) is 48.7 Å². The number of carbonyl (C=O) groups is 2. The number of amides is 1. The van der Waals surface area contributed by atoms with Gasteiger partial charge in [-0.2, -0.15) is 0 Å². The molecule has 0 atom stereocenters. The van der Waals surface area contributed by atoms with Crippen molar-refractivity contribution in [2.75, 3.05) is 11.4 Å². The van der Waals surface area contributed by atoms with Crippen LogP contribution in [0.1, 0.15) is 31.8 Å². The van der Waals surface area contributed by atoms with Crippen LogP contribution in [0.4, 0.5) is 5.69 Å². The van der Waals surface area contributed by atoms with E-state index in [1.54, 1.807) is 35.5 Å². The number of pyridine rings is 1. The molecule has 0 saturated carbocycles. The predicted octanol–water partition coefficient (Wildman–Crippen LogP) is 2.29. The van der Waals surface area contributed by atoms with Crippen LogP contribution < -0.4 is 4.90 Å². The normalized spacial score (nSPS) is 13.1. The second kappa shape index (κ2) is 5.01. The van der Waals surface area contributed by atoms with Crippen molar-refractivity contribution in [3.8, 4) is 0 Å². The summed E-state index contributed by atoms with van der Waals surface area (Å²) < 4.78 is 0. The van der Waals surface area contributed by atoms with Crippen molar-refractivity contribution >= 4 is 17.6 Å². The van der Waals surface area contributed by atoms with Crippen molar-refractivity contribution in [1.82, 2.24) is 4.98 Å². The fourth-order valence-corrected chi connectivity index (χ4v) is 2.57. The van der Waals surface area contributed by atoms with Crippen LogP contribution in [0.2, 0.25) is 0 Å². The predicted molar refractivity (Wildman–Crippen MR) is 77.8 cm³/mol. The van der Waals surface area contributed by atoms with E-state index in [9.17, 15) is 9.59 Å². The summed E-state index contributed by atoms with van der Waals surface area (Å²) in [6.45, 7) is 2.45. The van der Waals surface area contributed by atoms with Gasteiger partial charge in [0.25, 0.3) is 5.91 Å². The van der Waals surface area contributed by atoms with Gasteiger partial charge in [0.1, 0.15) is 0 Å². The molecule has 0 spiro atoms. The minimum Gasteiger partial charge on any atom is -0.478 e.